The van der Waals surface area contributed by atoms with Crippen molar-refractivity contribution in [1.29, 1.82) is 5.26 Å². The Morgan fingerprint density at radius 3 is 2.34 bits per heavy atom. The Morgan fingerprint density at radius 2 is 1.78 bits per heavy atom. The summed E-state index contributed by atoms with van der Waals surface area (Å²) in [4.78, 5) is 20.5. The highest BCUT2D eigenvalue weighted by Crippen LogP contribution is 2.61. The molecule has 1 amide bonds. The number of nitrogens with zero attached hydrogens (tertiary/aromatic N) is 3. The maximum atomic E-state index is 14.6. The average Bonchev–Trinajstić information content (AvgIpc) is 3.86. The number of halogens is 4. The summed E-state index contributed by atoms with van der Waals surface area (Å²) in [6, 6.07) is 9.48. The number of benzene rings is 1. The van der Waals surface area contributed by atoms with E-state index in [0.29, 0.717) is 42.1 Å². The molecule has 3 atom stereocenters. The molecule has 2 aromatic rings. The van der Waals surface area contributed by atoms with Crippen LogP contribution >= 0.6 is 21.9 Å². The van der Waals surface area contributed by atoms with Crippen LogP contribution in [0.5, 0.6) is 0 Å². The van der Waals surface area contributed by atoms with E-state index in [4.69, 9.17) is 0 Å². The summed E-state index contributed by atoms with van der Waals surface area (Å²) in [7, 11) is -2.55. The van der Waals surface area contributed by atoms with Crippen LogP contribution in [0.1, 0.15) is 61.6 Å². The van der Waals surface area contributed by atoms with Gasteiger partial charge in [-0.05, 0) is 62.6 Å². The molecule has 6 rings (SSSR count). The molecular weight excluding hydrogens is 580 g/mol. The molecule has 0 spiro atoms. The number of hydrogen-bond donors (Lipinski definition) is 3. The fourth-order valence-electron chi connectivity index (χ4n) is 6.00. The van der Waals surface area contributed by atoms with Gasteiger partial charge in [0.15, 0.2) is 0 Å². The molecule has 41 heavy (non-hydrogen) atoms. The number of aromatic nitrogens is 1. The van der Waals surface area contributed by atoms with Crippen molar-refractivity contribution in [1.82, 2.24) is 10.3 Å². The van der Waals surface area contributed by atoms with Crippen molar-refractivity contribution in [3.05, 3.63) is 35.0 Å². The predicted octanol–water partition coefficient (Wildman–Crippen LogP) is 6.37. The van der Waals surface area contributed by atoms with Gasteiger partial charge in [-0.2, -0.15) is 29.0 Å². The van der Waals surface area contributed by atoms with Crippen molar-refractivity contribution in [3.63, 3.8) is 0 Å². The molecule has 1 saturated heterocycles. The number of hydrogen-bond acceptors (Lipinski definition) is 7. The Hall–Kier alpha value is -2.40. The SMILES string of the molecule is N#CC1(NC(=O)[C@@H]2C[C@@H](F)CC[C@H]2c2nc(C3(C(F)(F)F)CC3)sc2-c2ccc(N3CCS(O)(O)CC3)cc2)CC1. The predicted molar refractivity (Wildman–Crippen MR) is 150 cm³/mol. The van der Waals surface area contributed by atoms with Crippen LogP contribution in [0.3, 0.4) is 0 Å². The summed E-state index contributed by atoms with van der Waals surface area (Å²) in [5.41, 5.74) is -0.994. The van der Waals surface area contributed by atoms with Crippen molar-refractivity contribution >= 4 is 33.5 Å². The number of carbonyl (C=O) groups excluding carboxylic acids is 1. The van der Waals surface area contributed by atoms with E-state index in [1.54, 1.807) is 0 Å². The van der Waals surface area contributed by atoms with Crippen LogP contribution in [-0.4, -0.2) is 62.5 Å². The van der Waals surface area contributed by atoms with Crippen LogP contribution in [0.4, 0.5) is 23.2 Å². The number of nitriles is 1. The molecular formula is C28H32F4N4O3S2. The van der Waals surface area contributed by atoms with E-state index >= 15 is 0 Å². The van der Waals surface area contributed by atoms with Gasteiger partial charge in [-0.15, -0.1) is 11.3 Å². The Morgan fingerprint density at radius 1 is 1.12 bits per heavy atom. The highest BCUT2D eigenvalue weighted by Gasteiger charge is 2.66. The standard InChI is InChI=1S/C28H32F4N4O3S2/c29-18-3-6-20(21(15-18)24(37)35-26(16-33)7-8-26)22-23(40-25(34-22)27(9-10-27)28(30,31)32)17-1-4-19(5-2-17)36-11-13-41(38,39)14-12-36/h1-2,4-5,18,20-21,38-39H,3,6-15H2,(H,35,37)/t18-,20+,21+/m0/s1. The largest absolute Gasteiger partial charge is 0.400 e. The fourth-order valence-corrected chi connectivity index (χ4v) is 8.64. The molecule has 0 bridgehead atoms. The highest BCUT2D eigenvalue weighted by atomic mass is 32.3. The van der Waals surface area contributed by atoms with Crippen molar-refractivity contribution in [2.24, 2.45) is 5.92 Å². The minimum atomic E-state index is -4.45. The van der Waals surface area contributed by atoms with Crippen LogP contribution < -0.4 is 10.2 Å². The molecule has 4 aliphatic rings. The van der Waals surface area contributed by atoms with E-state index in [9.17, 15) is 36.7 Å². The number of alkyl halides is 4. The summed E-state index contributed by atoms with van der Waals surface area (Å²) in [6.45, 7) is 0.971. The van der Waals surface area contributed by atoms with Gasteiger partial charge in [-0.1, -0.05) is 12.1 Å². The molecule has 1 aromatic carbocycles. The lowest BCUT2D eigenvalue weighted by molar-refractivity contribution is -0.160. The van der Waals surface area contributed by atoms with E-state index < -0.39 is 51.6 Å². The van der Waals surface area contributed by atoms with Gasteiger partial charge in [-0.25, -0.2) is 9.37 Å². The number of anilines is 1. The maximum Gasteiger partial charge on any atom is 0.400 e. The maximum absolute atomic E-state index is 14.6. The lowest BCUT2D eigenvalue weighted by Gasteiger charge is -2.41. The Kier molecular flexibility index (Phi) is 7.08. The van der Waals surface area contributed by atoms with Crippen molar-refractivity contribution in [2.45, 2.75) is 74.2 Å². The quantitative estimate of drug-likeness (QED) is 0.327. The molecule has 3 aliphatic carbocycles. The van der Waals surface area contributed by atoms with E-state index in [1.807, 2.05) is 29.2 Å². The van der Waals surface area contributed by atoms with Crippen LogP contribution in [0.2, 0.25) is 0 Å². The first kappa shape index (κ1) is 28.7. The smallest absolute Gasteiger partial charge is 0.368 e. The van der Waals surface area contributed by atoms with Crippen molar-refractivity contribution < 1.29 is 31.5 Å². The van der Waals surface area contributed by atoms with Crippen LogP contribution in [0.25, 0.3) is 10.4 Å². The zero-order chi connectivity index (χ0) is 29.2. The second kappa shape index (κ2) is 10.1. The molecule has 222 valence electrons. The van der Waals surface area contributed by atoms with Crippen molar-refractivity contribution in [3.8, 4) is 16.5 Å². The molecule has 2 heterocycles. The van der Waals surface area contributed by atoms with Crippen LogP contribution in [-0.2, 0) is 10.2 Å². The molecule has 1 aliphatic heterocycles. The Labute approximate surface area is 241 Å². The summed E-state index contributed by atoms with van der Waals surface area (Å²) in [6.07, 6.45) is -4.32. The first-order chi connectivity index (χ1) is 19.4. The van der Waals surface area contributed by atoms with Crippen LogP contribution in [0.15, 0.2) is 24.3 Å². The minimum Gasteiger partial charge on any atom is -0.368 e. The monoisotopic (exact) mass is 612 g/mol. The fraction of sp³-hybridized carbons (Fsp3) is 0.607. The number of thiazole rings is 1. The molecule has 0 radical (unpaired) electrons. The lowest BCUT2D eigenvalue weighted by atomic mass is 9.75. The zero-order valence-corrected chi connectivity index (χ0v) is 23.9. The first-order valence-electron chi connectivity index (χ1n) is 13.9. The Bertz CT molecular complexity index is 1360. The van der Waals surface area contributed by atoms with Gasteiger partial charge in [0, 0.05) is 30.6 Å². The molecule has 13 heteroatoms. The van der Waals surface area contributed by atoms with Gasteiger partial charge >= 0.3 is 6.18 Å². The molecule has 0 unspecified atom stereocenters. The molecule has 1 aromatic heterocycles. The van der Waals surface area contributed by atoms with Gasteiger partial charge < -0.3 is 10.2 Å². The summed E-state index contributed by atoms with van der Waals surface area (Å²) >= 11 is 1.00. The summed E-state index contributed by atoms with van der Waals surface area (Å²) < 4.78 is 76.9. The Balaban J connectivity index is 1.35. The second-order valence-corrected chi connectivity index (χ2v) is 15.3. The number of carbonyl (C=O) groups is 1. The molecule has 4 fully saturated rings. The van der Waals surface area contributed by atoms with Crippen molar-refractivity contribution in [2.75, 3.05) is 29.5 Å². The van der Waals surface area contributed by atoms with Gasteiger partial charge in [0.05, 0.1) is 28.1 Å². The third kappa shape index (κ3) is 5.44. The van der Waals surface area contributed by atoms with E-state index in [1.165, 1.54) is 0 Å². The third-order valence-corrected chi connectivity index (χ3v) is 12.0. The minimum absolute atomic E-state index is 0.0162. The van der Waals surface area contributed by atoms with E-state index in [2.05, 4.69) is 16.4 Å². The van der Waals surface area contributed by atoms with Crippen LogP contribution in [0, 0.1) is 17.2 Å². The van der Waals surface area contributed by atoms with Gasteiger partial charge in [0.1, 0.15) is 22.1 Å². The lowest BCUT2D eigenvalue weighted by Crippen LogP contribution is -2.44. The first-order valence-corrected chi connectivity index (χ1v) is 16.6. The number of rotatable bonds is 6. The number of nitrogens with one attached hydrogen (secondary N) is 1. The molecule has 3 N–H and O–H groups in total. The number of amides is 1. The third-order valence-electron chi connectivity index (χ3n) is 9.03. The highest BCUT2D eigenvalue weighted by molar-refractivity contribution is 8.24. The van der Waals surface area contributed by atoms with E-state index in [-0.39, 0.29) is 48.6 Å². The molecule has 3 saturated carbocycles. The van der Waals surface area contributed by atoms with Gasteiger partial charge in [0.2, 0.25) is 5.91 Å². The topological polar surface area (TPSA) is 109 Å². The van der Waals surface area contributed by atoms with Gasteiger partial charge in [-0.3, -0.25) is 13.9 Å². The van der Waals surface area contributed by atoms with Gasteiger partial charge in [0.25, 0.3) is 0 Å². The summed E-state index contributed by atoms with van der Waals surface area (Å²) in [5.74, 6) is -1.30. The normalized spacial score (nSPS) is 28.8. The summed E-state index contributed by atoms with van der Waals surface area (Å²) in [5, 5.41) is 12.2. The van der Waals surface area contributed by atoms with E-state index in [0.717, 1.165) is 17.0 Å². The average molecular weight is 613 g/mol. The second-order valence-electron chi connectivity index (χ2n) is 11.9. The zero-order valence-electron chi connectivity index (χ0n) is 22.3. The molecule has 7 nitrogen and oxygen atoms in total.